The predicted octanol–water partition coefficient (Wildman–Crippen LogP) is 0.935. The molecule has 0 aliphatic rings. The highest BCUT2D eigenvalue weighted by atomic mass is 19.1. The van der Waals surface area contributed by atoms with Gasteiger partial charge in [0.2, 0.25) is 0 Å². The van der Waals surface area contributed by atoms with Crippen LogP contribution >= 0.6 is 0 Å². The van der Waals surface area contributed by atoms with Gasteiger partial charge in [0.1, 0.15) is 11.3 Å². The summed E-state index contributed by atoms with van der Waals surface area (Å²) in [4.78, 5) is 10.3. The van der Waals surface area contributed by atoms with Gasteiger partial charge in [0.15, 0.2) is 11.6 Å². The molecular formula is C7H5FO4. The molecule has 0 saturated heterocycles. The molecule has 0 bridgehead atoms. The summed E-state index contributed by atoms with van der Waals surface area (Å²) < 4.78 is 12.4. The second-order valence-corrected chi connectivity index (χ2v) is 2.13. The lowest BCUT2D eigenvalue weighted by Gasteiger charge is -2.00. The van der Waals surface area contributed by atoms with Gasteiger partial charge in [0.25, 0.3) is 0 Å². The van der Waals surface area contributed by atoms with Gasteiger partial charge in [-0.05, 0) is 0 Å². The third kappa shape index (κ3) is 1.29. The number of aromatic hydroxyl groups is 2. The average molecular weight is 172 g/mol. The Kier molecular flexibility index (Phi) is 1.86. The number of carboxylic acids is 1. The molecule has 64 valence electrons. The molecule has 1 rings (SSSR count). The van der Waals surface area contributed by atoms with E-state index in [-0.39, 0.29) is 0 Å². The standard InChI is InChI=1S/C7H5FO4/c8-4-2-5(9)3(7(11)12)1-6(4)10/h1-2,9-10H,(H,11,12). The summed E-state index contributed by atoms with van der Waals surface area (Å²) in [5, 5.41) is 26.0. The Hall–Kier alpha value is -1.78. The molecule has 0 radical (unpaired) electrons. The van der Waals surface area contributed by atoms with E-state index in [9.17, 15) is 9.18 Å². The fraction of sp³-hybridized carbons (Fsp3) is 0. The highest BCUT2D eigenvalue weighted by molar-refractivity contribution is 5.91. The number of rotatable bonds is 1. The fourth-order valence-electron chi connectivity index (χ4n) is 0.723. The minimum Gasteiger partial charge on any atom is -0.507 e. The zero-order valence-electron chi connectivity index (χ0n) is 5.78. The molecule has 0 spiro atoms. The van der Waals surface area contributed by atoms with E-state index in [0.717, 1.165) is 0 Å². The normalized spacial score (nSPS) is 9.75. The summed E-state index contributed by atoms with van der Waals surface area (Å²) in [6, 6.07) is 1.19. The topological polar surface area (TPSA) is 77.8 Å². The van der Waals surface area contributed by atoms with Crippen molar-refractivity contribution in [2.24, 2.45) is 0 Å². The number of carbonyl (C=O) groups is 1. The molecule has 0 amide bonds. The molecule has 0 atom stereocenters. The average Bonchev–Trinajstić information content (AvgIpc) is 1.96. The molecule has 5 heteroatoms. The Bertz CT molecular complexity index is 334. The third-order valence-electron chi connectivity index (χ3n) is 1.30. The second-order valence-electron chi connectivity index (χ2n) is 2.13. The maximum absolute atomic E-state index is 12.4. The molecule has 1 aromatic carbocycles. The van der Waals surface area contributed by atoms with Crippen LogP contribution < -0.4 is 0 Å². The maximum atomic E-state index is 12.4. The van der Waals surface area contributed by atoms with Crippen LogP contribution in [-0.4, -0.2) is 21.3 Å². The Balaban J connectivity index is 3.33. The smallest absolute Gasteiger partial charge is 0.339 e. The molecule has 4 nitrogen and oxygen atoms in total. The molecule has 0 aliphatic heterocycles. The predicted molar refractivity (Wildman–Crippen MR) is 36.7 cm³/mol. The Morgan fingerprint density at radius 2 is 1.83 bits per heavy atom. The van der Waals surface area contributed by atoms with Crippen LogP contribution in [0, 0.1) is 5.82 Å². The van der Waals surface area contributed by atoms with Gasteiger partial charge in [-0.3, -0.25) is 0 Å². The lowest BCUT2D eigenvalue weighted by Crippen LogP contribution is -1.97. The first-order chi connectivity index (χ1) is 5.52. The maximum Gasteiger partial charge on any atom is 0.339 e. The van der Waals surface area contributed by atoms with Crippen molar-refractivity contribution in [3.05, 3.63) is 23.5 Å². The number of hydrogen-bond donors (Lipinski definition) is 3. The summed E-state index contributed by atoms with van der Waals surface area (Å²) >= 11 is 0. The van der Waals surface area contributed by atoms with Crippen LogP contribution in [0.15, 0.2) is 12.1 Å². The lowest BCUT2D eigenvalue weighted by molar-refractivity contribution is 0.0693. The summed E-state index contributed by atoms with van der Waals surface area (Å²) in [5.41, 5.74) is -0.533. The van der Waals surface area contributed by atoms with Gasteiger partial charge in [-0.15, -0.1) is 0 Å². The molecule has 12 heavy (non-hydrogen) atoms. The molecule has 0 aliphatic carbocycles. The van der Waals surface area contributed by atoms with Crippen molar-refractivity contribution in [1.82, 2.24) is 0 Å². The van der Waals surface area contributed by atoms with E-state index < -0.39 is 28.8 Å². The first-order valence-corrected chi connectivity index (χ1v) is 2.97. The molecule has 3 N–H and O–H groups in total. The third-order valence-corrected chi connectivity index (χ3v) is 1.30. The molecule has 0 heterocycles. The van der Waals surface area contributed by atoms with Crippen LogP contribution in [0.1, 0.15) is 10.4 Å². The molecule has 1 aromatic rings. The first-order valence-electron chi connectivity index (χ1n) is 2.97. The summed E-state index contributed by atoms with van der Waals surface area (Å²) in [7, 11) is 0. The minimum atomic E-state index is -1.43. The van der Waals surface area contributed by atoms with Gasteiger partial charge < -0.3 is 15.3 Å². The number of phenols is 2. The molecule has 0 unspecified atom stereocenters. The van der Waals surface area contributed by atoms with E-state index in [1.165, 1.54) is 0 Å². The zero-order valence-corrected chi connectivity index (χ0v) is 5.78. The summed E-state index contributed by atoms with van der Waals surface area (Å²) in [6.45, 7) is 0. The second kappa shape index (κ2) is 2.69. The Morgan fingerprint density at radius 1 is 1.25 bits per heavy atom. The van der Waals surface area contributed by atoms with E-state index in [2.05, 4.69) is 0 Å². The van der Waals surface area contributed by atoms with E-state index in [4.69, 9.17) is 15.3 Å². The van der Waals surface area contributed by atoms with E-state index in [1.54, 1.807) is 0 Å². The first kappa shape index (κ1) is 8.32. The SMILES string of the molecule is O=C(O)c1cc(O)c(F)cc1O. The van der Waals surface area contributed by atoms with Crippen LogP contribution in [-0.2, 0) is 0 Å². The quantitative estimate of drug-likeness (QED) is 0.551. The van der Waals surface area contributed by atoms with Crippen LogP contribution in [0.3, 0.4) is 0 Å². The highest BCUT2D eigenvalue weighted by Crippen LogP contribution is 2.25. The Labute approximate surface area is 66.5 Å². The van der Waals surface area contributed by atoms with Crippen molar-refractivity contribution in [3.8, 4) is 11.5 Å². The largest absolute Gasteiger partial charge is 0.507 e. The van der Waals surface area contributed by atoms with Crippen molar-refractivity contribution in [2.75, 3.05) is 0 Å². The highest BCUT2D eigenvalue weighted by Gasteiger charge is 2.13. The number of carboxylic acid groups (broad SMARTS) is 1. The van der Waals surface area contributed by atoms with Gasteiger partial charge in [-0.25, -0.2) is 9.18 Å². The Morgan fingerprint density at radius 3 is 2.33 bits per heavy atom. The van der Waals surface area contributed by atoms with E-state index in [1.807, 2.05) is 0 Å². The molecule has 0 aromatic heterocycles. The van der Waals surface area contributed by atoms with Crippen molar-refractivity contribution < 1.29 is 24.5 Å². The molecule has 0 saturated carbocycles. The zero-order chi connectivity index (χ0) is 9.30. The van der Waals surface area contributed by atoms with Crippen molar-refractivity contribution in [1.29, 1.82) is 0 Å². The molecular weight excluding hydrogens is 167 g/mol. The number of hydrogen-bond acceptors (Lipinski definition) is 3. The van der Waals surface area contributed by atoms with Gasteiger partial charge in [0, 0.05) is 12.1 Å². The minimum absolute atomic E-state index is 0.533. The van der Waals surface area contributed by atoms with Gasteiger partial charge >= 0.3 is 5.97 Å². The van der Waals surface area contributed by atoms with Crippen molar-refractivity contribution in [2.45, 2.75) is 0 Å². The number of benzene rings is 1. The lowest BCUT2D eigenvalue weighted by atomic mass is 10.2. The van der Waals surface area contributed by atoms with E-state index >= 15 is 0 Å². The number of phenolic OH excluding ortho intramolecular Hbond substituents is 1. The van der Waals surface area contributed by atoms with Crippen LogP contribution in [0.4, 0.5) is 4.39 Å². The fourth-order valence-corrected chi connectivity index (χ4v) is 0.723. The van der Waals surface area contributed by atoms with Gasteiger partial charge in [-0.2, -0.15) is 0 Å². The van der Waals surface area contributed by atoms with Crippen molar-refractivity contribution >= 4 is 5.97 Å². The molecule has 0 fully saturated rings. The van der Waals surface area contributed by atoms with E-state index in [0.29, 0.717) is 12.1 Å². The summed E-state index contributed by atoms with van der Waals surface area (Å²) in [6.07, 6.45) is 0. The van der Waals surface area contributed by atoms with Gasteiger partial charge in [0.05, 0.1) is 0 Å². The van der Waals surface area contributed by atoms with Gasteiger partial charge in [-0.1, -0.05) is 0 Å². The number of aromatic carboxylic acids is 1. The van der Waals surface area contributed by atoms with Crippen LogP contribution in [0.5, 0.6) is 11.5 Å². The monoisotopic (exact) mass is 172 g/mol. The summed E-state index contributed by atoms with van der Waals surface area (Å²) in [5.74, 6) is -4.00. The number of halogens is 1. The van der Waals surface area contributed by atoms with Crippen molar-refractivity contribution in [3.63, 3.8) is 0 Å². The van der Waals surface area contributed by atoms with Crippen LogP contribution in [0.25, 0.3) is 0 Å². The van der Waals surface area contributed by atoms with Crippen LogP contribution in [0.2, 0.25) is 0 Å².